The number of nitrogens with zero attached hydrogens (tertiary/aromatic N) is 1. The molecule has 4 heteroatoms. The third kappa shape index (κ3) is 3.51. The summed E-state index contributed by atoms with van der Waals surface area (Å²) in [6, 6.07) is 9.15. The maximum Gasteiger partial charge on any atom is 0.223 e. The minimum Gasteiger partial charge on any atom is -0.439 e. The number of halogens is 1. The zero-order valence-electron chi connectivity index (χ0n) is 10.9. The zero-order valence-corrected chi connectivity index (χ0v) is 10.9. The van der Waals surface area contributed by atoms with Crippen molar-refractivity contribution < 1.29 is 9.13 Å². The van der Waals surface area contributed by atoms with E-state index < -0.39 is 5.82 Å². The van der Waals surface area contributed by atoms with Crippen LogP contribution in [-0.2, 0) is 13.0 Å². The third-order valence-electron chi connectivity index (χ3n) is 2.79. The Morgan fingerprint density at radius 1 is 1.26 bits per heavy atom. The summed E-state index contributed by atoms with van der Waals surface area (Å²) in [6.45, 7) is 2.33. The topological polar surface area (TPSA) is 48.1 Å². The Bertz CT molecular complexity index is 540. The Hall–Kier alpha value is -1.94. The predicted molar refractivity (Wildman–Crippen MR) is 72.6 cm³/mol. The highest BCUT2D eigenvalue weighted by molar-refractivity contribution is 5.34. The van der Waals surface area contributed by atoms with Crippen molar-refractivity contribution in [3.05, 3.63) is 53.5 Å². The van der Waals surface area contributed by atoms with Crippen LogP contribution in [0.4, 0.5) is 4.39 Å². The lowest BCUT2D eigenvalue weighted by atomic mass is 10.1. The third-order valence-corrected chi connectivity index (χ3v) is 2.79. The van der Waals surface area contributed by atoms with Crippen LogP contribution < -0.4 is 10.5 Å². The maximum absolute atomic E-state index is 13.0. The van der Waals surface area contributed by atoms with Gasteiger partial charge in [-0.25, -0.2) is 9.37 Å². The number of hydrogen-bond acceptors (Lipinski definition) is 3. The van der Waals surface area contributed by atoms with E-state index in [1.165, 1.54) is 11.6 Å². The summed E-state index contributed by atoms with van der Waals surface area (Å²) in [5, 5.41) is 0. The van der Waals surface area contributed by atoms with Crippen LogP contribution in [-0.4, -0.2) is 4.98 Å². The molecule has 0 radical (unpaired) electrons. The fraction of sp³-hybridized carbons (Fsp3) is 0.267. The van der Waals surface area contributed by atoms with Crippen molar-refractivity contribution >= 4 is 0 Å². The van der Waals surface area contributed by atoms with Crippen LogP contribution in [0.25, 0.3) is 0 Å². The van der Waals surface area contributed by atoms with Gasteiger partial charge >= 0.3 is 0 Å². The molecule has 19 heavy (non-hydrogen) atoms. The van der Waals surface area contributed by atoms with E-state index in [1.54, 1.807) is 0 Å². The number of aryl methyl sites for hydroxylation is 1. The molecular formula is C15H17FN2O. The largest absolute Gasteiger partial charge is 0.439 e. The van der Waals surface area contributed by atoms with E-state index in [1.807, 2.05) is 24.3 Å². The van der Waals surface area contributed by atoms with Gasteiger partial charge in [0.2, 0.25) is 5.88 Å². The standard InChI is InChI=1S/C15H17FN2O/c1-2-3-11-4-6-14(7-5-11)19-15-12(9-17)8-13(16)10-18-15/h4-8,10H,2-3,9,17H2,1H3. The SMILES string of the molecule is CCCc1ccc(Oc2ncc(F)cc2CN)cc1. The van der Waals surface area contributed by atoms with E-state index in [-0.39, 0.29) is 6.54 Å². The monoisotopic (exact) mass is 260 g/mol. The van der Waals surface area contributed by atoms with Gasteiger partial charge in [-0.3, -0.25) is 0 Å². The number of rotatable bonds is 5. The van der Waals surface area contributed by atoms with Crippen LogP contribution in [0.3, 0.4) is 0 Å². The summed E-state index contributed by atoms with van der Waals surface area (Å²) >= 11 is 0. The lowest BCUT2D eigenvalue weighted by Crippen LogP contribution is -2.02. The van der Waals surface area contributed by atoms with Crippen molar-refractivity contribution in [2.24, 2.45) is 5.73 Å². The van der Waals surface area contributed by atoms with E-state index >= 15 is 0 Å². The number of pyridine rings is 1. The van der Waals surface area contributed by atoms with Gasteiger partial charge in [0.1, 0.15) is 11.6 Å². The molecule has 0 spiro atoms. The molecule has 0 fully saturated rings. The van der Waals surface area contributed by atoms with Crippen LogP contribution in [0.15, 0.2) is 36.5 Å². The summed E-state index contributed by atoms with van der Waals surface area (Å²) in [6.07, 6.45) is 3.28. The lowest BCUT2D eigenvalue weighted by Gasteiger charge is -2.09. The van der Waals surface area contributed by atoms with E-state index in [0.29, 0.717) is 17.2 Å². The molecule has 0 atom stereocenters. The van der Waals surface area contributed by atoms with Crippen molar-refractivity contribution in [3.63, 3.8) is 0 Å². The molecule has 0 saturated carbocycles. The van der Waals surface area contributed by atoms with Crippen LogP contribution in [0, 0.1) is 5.82 Å². The van der Waals surface area contributed by atoms with Crippen LogP contribution in [0.2, 0.25) is 0 Å². The molecule has 0 saturated heterocycles. The van der Waals surface area contributed by atoms with E-state index in [2.05, 4.69) is 11.9 Å². The number of aromatic nitrogens is 1. The van der Waals surface area contributed by atoms with Crippen molar-refractivity contribution in [1.29, 1.82) is 0 Å². The minimum atomic E-state index is -0.411. The highest BCUT2D eigenvalue weighted by Crippen LogP contribution is 2.23. The van der Waals surface area contributed by atoms with Gasteiger partial charge < -0.3 is 10.5 Å². The van der Waals surface area contributed by atoms with Crippen molar-refractivity contribution in [1.82, 2.24) is 4.98 Å². The highest BCUT2D eigenvalue weighted by Gasteiger charge is 2.07. The molecule has 100 valence electrons. The van der Waals surface area contributed by atoms with Gasteiger partial charge in [-0.1, -0.05) is 25.5 Å². The van der Waals surface area contributed by atoms with Gasteiger partial charge in [-0.15, -0.1) is 0 Å². The van der Waals surface area contributed by atoms with Gasteiger partial charge in [-0.05, 0) is 30.2 Å². The second kappa shape index (κ2) is 6.29. The molecule has 3 nitrogen and oxygen atoms in total. The van der Waals surface area contributed by atoms with Gasteiger partial charge in [0, 0.05) is 12.1 Å². The predicted octanol–water partition coefficient (Wildman–Crippen LogP) is 3.42. The molecule has 2 rings (SSSR count). The van der Waals surface area contributed by atoms with E-state index in [9.17, 15) is 4.39 Å². The summed E-state index contributed by atoms with van der Waals surface area (Å²) in [5.74, 6) is 0.617. The Labute approximate surface area is 112 Å². The lowest BCUT2D eigenvalue weighted by molar-refractivity contribution is 0.452. The average molecular weight is 260 g/mol. The first kappa shape index (κ1) is 13.5. The molecule has 0 unspecified atom stereocenters. The van der Waals surface area contributed by atoms with Gasteiger partial charge in [0.05, 0.1) is 6.20 Å². The number of benzene rings is 1. The Kier molecular flexibility index (Phi) is 4.47. The maximum atomic E-state index is 13.0. The second-order valence-corrected chi connectivity index (χ2v) is 4.32. The second-order valence-electron chi connectivity index (χ2n) is 4.32. The molecular weight excluding hydrogens is 243 g/mol. The number of ether oxygens (including phenoxy) is 1. The van der Waals surface area contributed by atoms with Crippen LogP contribution >= 0.6 is 0 Å². The Morgan fingerprint density at radius 3 is 2.63 bits per heavy atom. The number of nitrogens with two attached hydrogens (primary N) is 1. The van der Waals surface area contributed by atoms with Gasteiger partial charge in [0.25, 0.3) is 0 Å². The molecule has 0 aliphatic rings. The normalized spacial score (nSPS) is 10.5. The Morgan fingerprint density at radius 2 is 2.00 bits per heavy atom. The quantitative estimate of drug-likeness (QED) is 0.896. The van der Waals surface area contributed by atoms with Crippen LogP contribution in [0.5, 0.6) is 11.6 Å². The molecule has 1 aromatic carbocycles. The molecule has 2 aromatic rings. The molecule has 2 N–H and O–H groups in total. The highest BCUT2D eigenvalue weighted by atomic mass is 19.1. The fourth-order valence-electron chi connectivity index (χ4n) is 1.83. The Balaban J connectivity index is 2.16. The number of hydrogen-bond donors (Lipinski definition) is 1. The van der Waals surface area contributed by atoms with Crippen molar-refractivity contribution in [3.8, 4) is 11.6 Å². The smallest absolute Gasteiger partial charge is 0.223 e. The van der Waals surface area contributed by atoms with Crippen LogP contribution in [0.1, 0.15) is 24.5 Å². The average Bonchev–Trinajstić information content (AvgIpc) is 2.43. The molecule has 0 aliphatic carbocycles. The van der Waals surface area contributed by atoms with Crippen molar-refractivity contribution in [2.75, 3.05) is 0 Å². The van der Waals surface area contributed by atoms with Crippen molar-refractivity contribution in [2.45, 2.75) is 26.3 Å². The molecule has 0 bridgehead atoms. The molecule has 0 amide bonds. The summed E-state index contributed by atoms with van der Waals surface area (Å²) in [5.41, 5.74) is 7.37. The summed E-state index contributed by atoms with van der Waals surface area (Å²) < 4.78 is 18.7. The first-order chi connectivity index (χ1) is 9.22. The summed E-state index contributed by atoms with van der Waals surface area (Å²) in [7, 11) is 0. The first-order valence-corrected chi connectivity index (χ1v) is 6.34. The molecule has 0 aliphatic heterocycles. The summed E-state index contributed by atoms with van der Waals surface area (Å²) in [4.78, 5) is 3.93. The van der Waals surface area contributed by atoms with Gasteiger partial charge in [-0.2, -0.15) is 0 Å². The van der Waals surface area contributed by atoms with Gasteiger partial charge in [0.15, 0.2) is 0 Å². The van der Waals surface area contributed by atoms with E-state index in [0.717, 1.165) is 19.0 Å². The fourth-order valence-corrected chi connectivity index (χ4v) is 1.83. The zero-order chi connectivity index (χ0) is 13.7. The van der Waals surface area contributed by atoms with E-state index in [4.69, 9.17) is 10.5 Å². The first-order valence-electron chi connectivity index (χ1n) is 6.34. The minimum absolute atomic E-state index is 0.189. The molecule has 1 heterocycles. The molecule has 1 aromatic heterocycles.